The lowest BCUT2D eigenvalue weighted by atomic mass is 9.92. The predicted octanol–water partition coefficient (Wildman–Crippen LogP) is 1.20. The molecule has 2 N–H and O–H groups in total. The van der Waals surface area contributed by atoms with Crippen molar-refractivity contribution in [3.05, 3.63) is 0 Å². The Morgan fingerprint density at radius 2 is 2.28 bits per heavy atom. The fourth-order valence-electron chi connectivity index (χ4n) is 3.42. The van der Waals surface area contributed by atoms with Gasteiger partial charge in [-0.05, 0) is 51.0 Å². The van der Waals surface area contributed by atoms with Gasteiger partial charge in [-0.25, -0.2) is 0 Å². The molecule has 2 heterocycles. The molecule has 2 aliphatic heterocycles. The van der Waals surface area contributed by atoms with Gasteiger partial charge in [-0.2, -0.15) is 0 Å². The van der Waals surface area contributed by atoms with E-state index < -0.39 is 0 Å². The van der Waals surface area contributed by atoms with Crippen molar-refractivity contribution in [2.24, 2.45) is 5.92 Å². The van der Waals surface area contributed by atoms with Crippen molar-refractivity contribution in [1.82, 2.24) is 10.6 Å². The van der Waals surface area contributed by atoms with E-state index in [1.807, 2.05) is 0 Å². The first-order valence-corrected chi connectivity index (χ1v) is 7.43. The average molecular weight is 252 g/mol. The van der Waals surface area contributed by atoms with Gasteiger partial charge < -0.3 is 15.4 Å². The molecule has 0 aromatic heterocycles. The number of hydrogen-bond acceptors (Lipinski definition) is 3. The number of carbonyl (C=O) groups is 1. The van der Waals surface area contributed by atoms with E-state index in [0.717, 1.165) is 38.8 Å². The van der Waals surface area contributed by atoms with Gasteiger partial charge in [0.2, 0.25) is 5.91 Å². The normalized spacial score (nSPS) is 40.1. The van der Waals surface area contributed by atoms with Gasteiger partial charge in [0.25, 0.3) is 0 Å². The van der Waals surface area contributed by atoms with Crippen molar-refractivity contribution in [3.63, 3.8) is 0 Å². The second kappa shape index (κ2) is 4.82. The first-order chi connectivity index (χ1) is 8.75. The molecular formula is C14H24N2O2. The highest BCUT2D eigenvalue weighted by Crippen LogP contribution is 2.39. The van der Waals surface area contributed by atoms with E-state index in [0.29, 0.717) is 5.92 Å². The largest absolute Gasteiger partial charge is 0.376 e. The van der Waals surface area contributed by atoms with Crippen molar-refractivity contribution >= 4 is 5.91 Å². The molecule has 0 bridgehead atoms. The van der Waals surface area contributed by atoms with Crippen LogP contribution in [0.1, 0.15) is 45.4 Å². The second-order valence-corrected chi connectivity index (χ2v) is 6.01. The zero-order valence-corrected chi connectivity index (χ0v) is 11.2. The summed E-state index contributed by atoms with van der Waals surface area (Å²) in [6.45, 7) is 3.87. The summed E-state index contributed by atoms with van der Waals surface area (Å²) in [6, 6.07) is 0.246. The van der Waals surface area contributed by atoms with E-state index >= 15 is 0 Å². The van der Waals surface area contributed by atoms with Gasteiger partial charge >= 0.3 is 0 Å². The monoisotopic (exact) mass is 252 g/mol. The molecule has 18 heavy (non-hydrogen) atoms. The third kappa shape index (κ3) is 2.16. The van der Waals surface area contributed by atoms with Gasteiger partial charge in [0.1, 0.15) is 0 Å². The van der Waals surface area contributed by atoms with E-state index in [-0.39, 0.29) is 23.6 Å². The SMILES string of the molecule is CCC1(C(=O)NC2CCOC2C2CC2)CCCN1. The van der Waals surface area contributed by atoms with Crippen LogP contribution in [0.25, 0.3) is 0 Å². The molecule has 0 radical (unpaired) electrons. The maximum Gasteiger partial charge on any atom is 0.240 e. The van der Waals surface area contributed by atoms with E-state index in [4.69, 9.17) is 4.74 Å². The minimum Gasteiger partial charge on any atom is -0.376 e. The van der Waals surface area contributed by atoms with E-state index in [9.17, 15) is 4.79 Å². The van der Waals surface area contributed by atoms with Crippen LogP contribution in [0.2, 0.25) is 0 Å². The van der Waals surface area contributed by atoms with Crippen LogP contribution in [0, 0.1) is 5.92 Å². The minimum atomic E-state index is -0.309. The Morgan fingerprint density at radius 3 is 2.89 bits per heavy atom. The molecule has 0 aromatic carbocycles. The fourth-order valence-corrected chi connectivity index (χ4v) is 3.42. The zero-order chi connectivity index (χ0) is 12.6. The van der Waals surface area contributed by atoms with Crippen molar-refractivity contribution in [1.29, 1.82) is 0 Å². The molecule has 3 unspecified atom stereocenters. The van der Waals surface area contributed by atoms with Crippen LogP contribution in [0.15, 0.2) is 0 Å². The van der Waals surface area contributed by atoms with Gasteiger partial charge in [0.05, 0.1) is 17.7 Å². The molecule has 102 valence electrons. The lowest BCUT2D eigenvalue weighted by Crippen LogP contribution is -2.56. The number of ether oxygens (including phenoxy) is 1. The Morgan fingerprint density at radius 1 is 1.44 bits per heavy atom. The first kappa shape index (κ1) is 12.4. The molecule has 4 heteroatoms. The van der Waals surface area contributed by atoms with Crippen LogP contribution in [0.3, 0.4) is 0 Å². The molecule has 3 fully saturated rings. The predicted molar refractivity (Wildman–Crippen MR) is 69.3 cm³/mol. The van der Waals surface area contributed by atoms with Crippen molar-refractivity contribution in [2.45, 2.75) is 63.1 Å². The summed E-state index contributed by atoms with van der Waals surface area (Å²) < 4.78 is 5.78. The van der Waals surface area contributed by atoms with Crippen LogP contribution in [-0.2, 0) is 9.53 Å². The highest BCUT2D eigenvalue weighted by Gasteiger charge is 2.45. The quantitative estimate of drug-likeness (QED) is 0.790. The van der Waals surface area contributed by atoms with Crippen LogP contribution >= 0.6 is 0 Å². The van der Waals surface area contributed by atoms with Crippen LogP contribution in [0.4, 0.5) is 0 Å². The molecule has 0 aromatic rings. The van der Waals surface area contributed by atoms with E-state index in [1.165, 1.54) is 12.8 Å². The van der Waals surface area contributed by atoms with Crippen LogP contribution in [-0.4, -0.2) is 36.7 Å². The zero-order valence-electron chi connectivity index (χ0n) is 11.2. The molecule has 3 atom stereocenters. The highest BCUT2D eigenvalue weighted by atomic mass is 16.5. The highest BCUT2D eigenvalue weighted by molar-refractivity contribution is 5.87. The van der Waals surface area contributed by atoms with Crippen molar-refractivity contribution in [2.75, 3.05) is 13.2 Å². The number of rotatable bonds is 4. The van der Waals surface area contributed by atoms with Gasteiger partial charge in [0, 0.05) is 6.61 Å². The fraction of sp³-hybridized carbons (Fsp3) is 0.929. The van der Waals surface area contributed by atoms with Crippen molar-refractivity contribution in [3.8, 4) is 0 Å². The van der Waals surface area contributed by atoms with E-state index in [1.54, 1.807) is 0 Å². The number of nitrogens with one attached hydrogen (secondary N) is 2. The van der Waals surface area contributed by atoms with E-state index in [2.05, 4.69) is 17.6 Å². The Bertz CT molecular complexity index is 322. The number of hydrogen-bond donors (Lipinski definition) is 2. The van der Waals surface area contributed by atoms with Gasteiger partial charge in [-0.3, -0.25) is 4.79 Å². The maximum absolute atomic E-state index is 12.5. The molecule has 3 aliphatic rings. The van der Waals surface area contributed by atoms with Crippen LogP contribution in [0.5, 0.6) is 0 Å². The summed E-state index contributed by atoms with van der Waals surface area (Å²) in [5.74, 6) is 0.899. The summed E-state index contributed by atoms with van der Waals surface area (Å²) in [5.41, 5.74) is -0.309. The Hall–Kier alpha value is -0.610. The minimum absolute atomic E-state index is 0.198. The molecular weight excluding hydrogens is 228 g/mol. The molecule has 1 amide bonds. The molecule has 0 spiro atoms. The smallest absolute Gasteiger partial charge is 0.240 e. The molecule has 1 saturated carbocycles. The van der Waals surface area contributed by atoms with Gasteiger partial charge in [-0.1, -0.05) is 6.92 Å². The first-order valence-electron chi connectivity index (χ1n) is 7.43. The van der Waals surface area contributed by atoms with Gasteiger partial charge in [0.15, 0.2) is 0 Å². The summed E-state index contributed by atoms with van der Waals surface area (Å²) >= 11 is 0. The van der Waals surface area contributed by atoms with Crippen molar-refractivity contribution < 1.29 is 9.53 Å². The summed E-state index contributed by atoms with van der Waals surface area (Å²) in [6.07, 6.45) is 6.76. The molecule has 1 aliphatic carbocycles. The summed E-state index contributed by atoms with van der Waals surface area (Å²) in [7, 11) is 0. The Labute approximate surface area is 109 Å². The lowest BCUT2D eigenvalue weighted by Gasteiger charge is -2.30. The van der Waals surface area contributed by atoms with Gasteiger partial charge in [-0.15, -0.1) is 0 Å². The lowest BCUT2D eigenvalue weighted by molar-refractivity contribution is -0.128. The second-order valence-electron chi connectivity index (χ2n) is 6.01. The Kier molecular flexibility index (Phi) is 3.32. The Balaban J connectivity index is 1.62. The number of carbonyl (C=O) groups excluding carboxylic acids is 1. The molecule has 4 nitrogen and oxygen atoms in total. The topological polar surface area (TPSA) is 50.4 Å². The standard InChI is InChI=1S/C14H24N2O2/c1-2-14(7-3-8-15-14)13(17)16-11-6-9-18-12(11)10-4-5-10/h10-12,15H,2-9H2,1H3,(H,16,17). The van der Waals surface area contributed by atoms with Crippen LogP contribution < -0.4 is 10.6 Å². The number of amides is 1. The molecule has 3 rings (SSSR count). The maximum atomic E-state index is 12.5. The summed E-state index contributed by atoms with van der Waals surface area (Å²) in [4.78, 5) is 12.5. The average Bonchev–Trinajstić information content (AvgIpc) is 2.93. The summed E-state index contributed by atoms with van der Waals surface area (Å²) in [5, 5.41) is 6.66. The third-order valence-electron chi connectivity index (χ3n) is 4.82. The third-order valence-corrected chi connectivity index (χ3v) is 4.82. The molecule has 2 saturated heterocycles.